The van der Waals surface area contributed by atoms with Crippen molar-refractivity contribution in [3.8, 4) is 5.75 Å². The summed E-state index contributed by atoms with van der Waals surface area (Å²) in [6.45, 7) is 0.867. The van der Waals surface area contributed by atoms with Crippen LogP contribution in [0.4, 0.5) is 0 Å². The molecule has 88 valence electrons. The van der Waals surface area contributed by atoms with E-state index in [1.165, 1.54) is 31.2 Å². The highest BCUT2D eigenvalue weighted by Crippen LogP contribution is 2.30. The lowest BCUT2D eigenvalue weighted by atomic mass is 10.1. The van der Waals surface area contributed by atoms with Crippen molar-refractivity contribution in [1.29, 1.82) is 0 Å². The van der Waals surface area contributed by atoms with Gasteiger partial charge in [-0.3, -0.25) is 0 Å². The van der Waals surface area contributed by atoms with E-state index >= 15 is 0 Å². The van der Waals surface area contributed by atoms with Gasteiger partial charge in [-0.25, -0.2) is 0 Å². The van der Waals surface area contributed by atoms with E-state index in [4.69, 9.17) is 4.74 Å². The zero-order valence-electron chi connectivity index (χ0n) is 9.22. The molecule has 1 saturated carbocycles. The summed E-state index contributed by atoms with van der Waals surface area (Å²) >= 11 is 7.00. The first-order chi connectivity index (χ1) is 7.79. The fourth-order valence-electron chi connectivity index (χ4n) is 2.13. The molecule has 0 amide bonds. The Morgan fingerprint density at radius 2 is 2.00 bits per heavy atom. The van der Waals surface area contributed by atoms with Gasteiger partial charge in [0, 0.05) is 5.33 Å². The molecule has 1 aliphatic rings. The SMILES string of the molecule is BrCc1ccc(OCC2CCCC2)c(Br)c1. The lowest BCUT2D eigenvalue weighted by Gasteiger charge is -2.13. The lowest BCUT2D eigenvalue weighted by molar-refractivity contribution is 0.251. The van der Waals surface area contributed by atoms with E-state index in [1.54, 1.807) is 0 Å². The number of hydrogen-bond donors (Lipinski definition) is 0. The molecule has 0 aromatic heterocycles. The van der Waals surface area contributed by atoms with Crippen molar-refractivity contribution < 1.29 is 4.74 Å². The predicted octanol–water partition coefficient (Wildman–Crippen LogP) is 4.91. The van der Waals surface area contributed by atoms with E-state index in [0.29, 0.717) is 0 Å². The first kappa shape index (κ1) is 12.4. The highest BCUT2D eigenvalue weighted by Gasteiger charge is 2.15. The maximum Gasteiger partial charge on any atom is 0.133 e. The third-order valence-electron chi connectivity index (χ3n) is 3.10. The molecule has 3 heteroatoms. The Kier molecular flexibility index (Phi) is 4.71. The van der Waals surface area contributed by atoms with Crippen molar-refractivity contribution in [1.82, 2.24) is 0 Å². The highest BCUT2D eigenvalue weighted by atomic mass is 79.9. The van der Waals surface area contributed by atoms with Gasteiger partial charge in [-0.2, -0.15) is 0 Å². The molecule has 1 aliphatic carbocycles. The van der Waals surface area contributed by atoms with E-state index in [0.717, 1.165) is 28.1 Å². The van der Waals surface area contributed by atoms with Crippen LogP contribution in [0, 0.1) is 5.92 Å². The van der Waals surface area contributed by atoms with E-state index in [-0.39, 0.29) is 0 Å². The standard InChI is InChI=1S/C13H16Br2O/c14-8-11-5-6-13(12(15)7-11)16-9-10-3-1-2-4-10/h5-7,10H,1-4,8-9H2. The third kappa shape index (κ3) is 3.24. The smallest absolute Gasteiger partial charge is 0.133 e. The Bertz CT molecular complexity index is 346. The Hall–Kier alpha value is -0.0200. The van der Waals surface area contributed by atoms with Gasteiger partial charge in [0.05, 0.1) is 11.1 Å². The van der Waals surface area contributed by atoms with Gasteiger partial charge in [0.15, 0.2) is 0 Å². The molecule has 0 aliphatic heterocycles. The first-order valence-electron chi connectivity index (χ1n) is 5.77. The third-order valence-corrected chi connectivity index (χ3v) is 4.37. The zero-order valence-corrected chi connectivity index (χ0v) is 12.4. The number of halogens is 2. The fourth-order valence-corrected chi connectivity index (χ4v) is 3.02. The molecule has 0 atom stereocenters. The average Bonchev–Trinajstić information content (AvgIpc) is 2.80. The summed E-state index contributed by atoms with van der Waals surface area (Å²) in [5.74, 6) is 1.74. The van der Waals surface area contributed by atoms with Gasteiger partial charge in [-0.05, 0) is 52.4 Å². The molecule has 1 aromatic carbocycles. The van der Waals surface area contributed by atoms with Crippen LogP contribution in [-0.4, -0.2) is 6.61 Å². The van der Waals surface area contributed by atoms with Crippen molar-refractivity contribution in [2.45, 2.75) is 31.0 Å². The summed E-state index contributed by atoms with van der Waals surface area (Å²) in [6, 6.07) is 6.26. The van der Waals surface area contributed by atoms with Gasteiger partial charge in [-0.1, -0.05) is 34.8 Å². The van der Waals surface area contributed by atoms with Crippen molar-refractivity contribution in [3.63, 3.8) is 0 Å². The number of alkyl halides is 1. The van der Waals surface area contributed by atoms with E-state index in [9.17, 15) is 0 Å². The summed E-state index contributed by atoms with van der Waals surface area (Å²) in [6.07, 6.45) is 5.41. The predicted molar refractivity (Wildman–Crippen MR) is 74.2 cm³/mol. The topological polar surface area (TPSA) is 9.23 Å². The number of benzene rings is 1. The Morgan fingerprint density at radius 3 is 2.62 bits per heavy atom. The molecule has 1 aromatic rings. The Balaban J connectivity index is 1.93. The molecule has 0 heterocycles. The maximum atomic E-state index is 5.86. The van der Waals surface area contributed by atoms with Crippen LogP contribution in [-0.2, 0) is 5.33 Å². The maximum absolute atomic E-state index is 5.86. The molecule has 1 nitrogen and oxygen atoms in total. The second-order valence-electron chi connectivity index (χ2n) is 4.36. The number of hydrogen-bond acceptors (Lipinski definition) is 1. The van der Waals surface area contributed by atoms with Crippen LogP contribution in [0.3, 0.4) is 0 Å². The molecule has 0 unspecified atom stereocenters. The molecule has 2 rings (SSSR count). The van der Waals surface area contributed by atoms with E-state index in [2.05, 4.69) is 50.1 Å². The molecule has 0 N–H and O–H groups in total. The summed E-state index contributed by atoms with van der Waals surface area (Å²) in [7, 11) is 0. The molecule has 0 spiro atoms. The van der Waals surface area contributed by atoms with Crippen LogP contribution in [0.15, 0.2) is 22.7 Å². The summed E-state index contributed by atoms with van der Waals surface area (Å²) in [5.41, 5.74) is 1.26. The van der Waals surface area contributed by atoms with Crippen LogP contribution in [0.5, 0.6) is 5.75 Å². The Labute approximate surface area is 114 Å². The molecule has 1 fully saturated rings. The van der Waals surface area contributed by atoms with Gasteiger partial charge in [0.25, 0.3) is 0 Å². The minimum absolute atomic E-state index is 0.766. The monoisotopic (exact) mass is 346 g/mol. The molecule has 0 saturated heterocycles. The quantitative estimate of drug-likeness (QED) is 0.703. The van der Waals surface area contributed by atoms with Crippen LogP contribution in [0.25, 0.3) is 0 Å². The Morgan fingerprint density at radius 1 is 1.25 bits per heavy atom. The first-order valence-corrected chi connectivity index (χ1v) is 7.68. The van der Waals surface area contributed by atoms with Gasteiger partial charge in [0.2, 0.25) is 0 Å². The molecular formula is C13H16Br2O. The largest absolute Gasteiger partial charge is 0.492 e. The van der Waals surface area contributed by atoms with Crippen molar-refractivity contribution in [3.05, 3.63) is 28.2 Å². The molecule has 0 bridgehead atoms. The fraction of sp³-hybridized carbons (Fsp3) is 0.538. The van der Waals surface area contributed by atoms with Crippen LogP contribution < -0.4 is 4.74 Å². The minimum atomic E-state index is 0.766. The minimum Gasteiger partial charge on any atom is -0.492 e. The van der Waals surface area contributed by atoms with E-state index in [1.807, 2.05) is 0 Å². The van der Waals surface area contributed by atoms with Crippen molar-refractivity contribution >= 4 is 31.9 Å². The second kappa shape index (κ2) is 6.06. The number of ether oxygens (including phenoxy) is 1. The van der Waals surface area contributed by atoms with Crippen molar-refractivity contribution in [2.75, 3.05) is 6.61 Å². The normalized spacial score (nSPS) is 16.6. The van der Waals surface area contributed by atoms with E-state index < -0.39 is 0 Å². The summed E-state index contributed by atoms with van der Waals surface area (Å²) in [4.78, 5) is 0. The zero-order chi connectivity index (χ0) is 11.4. The van der Waals surface area contributed by atoms with Crippen molar-refractivity contribution in [2.24, 2.45) is 5.92 Å². The van der Waals surface area contributed by atoms with Gasteiger partial charge in [0.1, 0.15) is 5.75 Å². The molecule has 16 heavy (non-hydrogen) atoms. The highest BCUT2D eigenvalue weighted by molar-refractivity contribution is 9.10. The van der Waals surface area contributed by atoms with Crippen LogP contribution >= 0.6 is 31.9 Å². The lowest BCUT2D eigenvalue weighted by Crippen LogP contribution is -2.08. The van der Waals surface area contributed by atoms with Gasteiger partial charge < -0.3 is 4.74 Å². The molecule has 0 radical (unpaired) electrons. The van der Waals surface area contributed by atoms with Gasteiger partial charge >= 0.3 is 0 Å². The average molecular weight is 348 g/mol. The van der Waals surface area contributed by atoms with Crippen LogP contribution in [0.1, 0.15) is 31.2 Å². The van der Waals surface area contributed by atoms with Gasteiger partial charge in [-0.15, -0.1) is 0 Å². The summed E-state index contributed by atoms with van der Waals surface area (Å²) < 4.78 is 6.92. The van der Waals surface area contributed by atoms with Crippen LogP contribution in [0.2, 0.25) is 0 Å². The summed E-state index contributed by atoms with van der Waals surface area (Å²) in [5, 5.41) is 0.883. The second-order valence-corrected chi connectivity index (χ2v) is 5.77. The number of rotatable bonds is 4. The molecular weight excluding hydrogens is 332 g/mol.